The van der Waals surface area contributed by atoms with Crippen molar-refractivity contribution in [2.24, 2.45) is 5.10 Å². The second-order valence-corrected chi connectivity index (χ2v) is 8.31. The van der Waals surface area contributed by atoms with Gasteiger partial charge in [0.05, 0.1) is 21.4 Å². The number of anilines is 1. The summed E-state index contributed by atoms with van der Waals surface area (Å²) in [5.74, 6) is 1.24. The van der Waals surface area contributed by atoms with Crippen molar-refractivity contribution in [1.29, 1.82) is 0 Å². The molecule has 0 aliphatic rings. The SMILES string of the molecule is Cc1ccc(OCCOc2ccc([N+](=O)[O-])cc2C=NNc2nc3ccccc3s2)cc1C. The van der Waals surface area contributed by atoms with Crippen LogP contribution in [0, 0.1) is 24.0 Å². The topological polar surface area (TPSA) is 98.9 Å². The summed E-state index contributed by atoms with van der Waals surface area (Å²) in [5.41, 5.74) is 6.55. The van der Waals surface area contributed by atoms with Gasteiger partial charge in [0.2, 0.25) is 5.13 Å². The fraction of sp³-hybridized carbons (Fsp3) is 0.167. The first-order valence-electron chi connectivity index (χ1n) is 10.3. The molecule has 1 N–H and O–H groups in total. The molecule has 3 aromatic carbocycles. The normalized spacial score (nSPS) is 11.1. The van der Waals surface area contributed by atoms with E-state index >= 15 is 0 Å². The summed E-state index contributed by atoms with van der Waals surface area (Å²) in [5, 5.41) is 16.0. The van der Waals surface area contributed by atoms with Gasteiger partial charge in [-0.05, 0) is 55.3 Å². The molecule has 1 heterocycles. The summed E-state index contributed by atoms with van der Waals surface area (Å²) in [6.07, 6.45) is 1.48. The lowest BCUT2D eigenvalue weighted by Crippen LogP contribution is -2.10. The van der Waals surface area contributed by atoms with Crippen molar-refractivity contribution in [1.82, 2.24) is 4.98 Å². The fourth-order valence-electron chi connectivity index (χ4n) is 3.07. The first-order chi connectivity index (χ1) is 16.0. The third kappa shape index (κ3) is 5.64. The number of hydrogen-bond donors (Lipinski definition) is 1. The summed E-state index contributed by atoms with van der Waals surface area (Å²) in [7, 11) is 0. The van der Waals surface area contributed by atoms with Crippen LogP contribution in [-0.2, 0) is 0 Å². The van der Waals surface area contributed by atoms with Crippen molar-refractivity contribution in [3.05, 3.63) is 87.5 Å². The van der Waals surface area contributed by atoms with Crippen molar-refractivity contribution in [2.45, 2.75) is 13.8 Å². The summed E-state index contributed by atoms with van der Waals surface area (Å²) in [4.78, 5) is 15.2. The Morgan fingerprint density at radius 3 is 2.67 bits per heavy atom. The van der Waals surface area contributed by atoms with E-state index in [0.717, 1.165) is 21.5 Å². The Morgan fingerprint density at radius 1 is 1.06 bits per heavy atom. The lowest BCUT2D eigenvalue weighted by atomic mass is 10.1. The van der Waals surface area contributed by atoms with Gasteiger partial charge >= 0.3 is 0 Å². The smallest absolute Gasteiger partial charge is 0.270 e. The average Bonchev–Trinajstić information content (AvgIpc) is 3.22. The zero-order valence-corrected chi connectivity index (χ0v) is 19.0. The number of nitro benzene ring substituents is 1. The van der Waals surface area contributed by atoms with Crippen molar-refractivity contribution < 1.29 is 14.4 Å². The minimum atomic E-state index is -0.453. The third-order valence-corrected chi connectivity index (χ3v) is 5.89. The predicted octanol–water partition coefficient (Wildman–Crippen LogP) is 5.73. The number of rotatable bonds is 9. The number of benzene rings is 3. The van der Waals surface area contributed by atoms with Crippen LogP contribution < -0.4 is 14.9 Å². The third-order valence-electron chi connectivity index (χ3n) is 4.95. The molecule has 168 valence electrons. The molecule has 4 rings (SSSR count). The Labute approximate surface area is 194 Å². The number of aromatic nitrogens is 1. The second-order valence-electron chi connectivity index (χ2n) is 7.28. The van der Waals surface area contributed by atoms with Crippen LogP contribution in [0.1, 0.15) is 16.7 Å². The van der Waals surface area contributed by atoms with E-state index in [0.29, 0.717) is 23.1 Å². The molecule has 33 heavy (non-hydrogen) atoms. The molecule has 0 bridgehead atoms. The van der Waals surface area contributed by atoms with Crippen LogP contribution in [0.15, 0.2) is 65.8 Å². The van der Waals surface area contributed by atoms with E-state index < -0.39 is 4.92 Å². The Kier molecular flexibility index (Phi) is 6.80. The highest BCUT2D eigenvalue weighted by Crippen LogP contribution is 2.26. The highest BCUT2D eigenvalue weighted by Gasteiger charge is 2.11. The van der Waals surface area contributed by atoms with E-state index in [-0.39, 0.29) is 12.3 Å². The Bertz CT molecular complexity index is 1290. The molecule has 0 atom stereocenters. The van der Waals surface area contributed by atoms with Crippen LogP contribution in [0.4, 0.5) is 10.8 Å². The highest BCUT2D eigenvalue weighted by molar-refractivity contribution is 7.22. The van der Waals surface area contributed by atoms with E-state index in [9.17, 15) is 10.1 Å². The van der Waals surface area contributed by atoms with Crippen LogP contribution in [0.2, 0.25) is 0 Å². The van der Waals surface area contributed by atoms with Crippen molar-refractivity contribution in [2.75, 3.05) is 18.6 Å². The molecule has 1 aromatic heterocycles. The van der Waals surface area contributed by atoms with Crippen LogP contribution in [-0.4, -0.2) is 29.3 Å². The van der Waals surface area contributed by atoms with Gasteiger partial charge in [-0.2, -0.15) is 5.10 Å². The van der Waals surface area contributed by atoms with E-state index in [1.807, 2.05) is 56.3 Å². The molecule has 0 aliphatic carbocycles. The van der Waals surface area contributed by atoms with Gasteiger partial charge in [-0.3, -0.25) is 15.5 Å². The number of nitro groups is 1. The van der Waals surface area contributed by atoms with E-state index in [2.05, 4.69) is 15.5 Å². The fourth-order valence-corrected chi connectivity index (χ4v) is 3.89. The molecule has 0 saturated carbocycles. The Hall–Kier alpha value is -3.98. The zero-order chi connectivity index (χ0) is 23.2. The number of thiazole rings is 1. The van der Waals surface area contributed by atoms with Gasteiger partial charge in [-0.1, -0.05) is 29.5 Å². The molecule has 0 saturated heterocycles. The summed E-state index contributed by atoms with van der Waals surface area (Å²) < 4.78 is 12.6. The number of para-hydroxylation sites is 1. The quantitative estimate of drug-likeness (QED) is 0.148. The van der Waals surface area contributed by atoms with Gasteiger partial charge in [0, 0.05) is 17.7 Å². The van der Waals surface area contributed by atoms with E-state index in [1.165, 1.54) is 35.2 Å². The molecule has 0 unspecified atom stereocenters. The highest BCUT2D eigenvalue weighted by atomic mass is 32.1. The lowest BCUT2D eigenvalue weighted by molar-refractivity contribution is -0.384. The Balaban J connectivity index is 1.42. The van der Waals surface area contributed by atoms with Crippen molar-refractivity contribution in [3.63, 3.8) is 0 Å². The van der Waals surface area contributed by atoms with Crippen LogP contribution in [0.3, 0.4) is 0 Å². The number of aryl methyl sites for hydroxylation is 2. The first kappa shape index (κ1) is 22.2. The lowest BCUT2D eigenvalue weighted by Gasteiger charge is -2.11. The minimum Gasteiger partial charge on any atom is -0.490 e. The maximum absolute atomic E-state index is 11.2. The minimum absolute atomic E-state index is 0.0461. The van der Waals surface area contributed by atoms with Crippen molar-refractivity contribution >= 4 is 38.6 Å². The van der Waals surface area contributed by atoms with Gasteiger partial charge in [0.25, 0.3) is 5.69 Å². The number of hydrazone groups is 1. The molecular formula is C24H22N4O4S. The van der Waals surface area contributed by atoms with Crippen LogP contribution in [0.25, 0.3) is 10.2 Å². The van der Waals surface area contributed by atoms with Crippen molar-refractivity contribution in [3.8, 4) is 11.5 Å². The van der Waals surface area contributed by atoms with E-state index in [1.54, 1.807) is 6.07 Å². The van der Waals surface area contributed by atoms with Crippen LogP contribution in [0.5, 0.6) is 11.5 Å². The molecule has 0 aliphatic heterocycles. The zero-order valence-electron chi connectivity index (χ0n) is 18.1. The summed E-state index contributed by atoms with van der Waals surface area (Å²) >= 11 is 1.47. The summed E-state index contributed by atoms with van der Waals surface area (Å²) in [6, 6.07) is 18.1. The monoisotopic (exact) mass is 462 g/mol. The molecule has 0 radical (unpaired) electrons. The molecule has 9 heteroatoms. The van der Waals surface area contributed by atoms with Gasteiger partial charge in [-0.15, -0.1) is 0 Å². The van der Waals surface area contributed by atoms with E-state index in [4.69, 9.17) is 9.47 Å². The molecule has 0 amide bonds. The maximum atomic E-state index is 11.2. The number of ether oxygens (including phenoxy) is 2. The van der Waals surface area contributed by atoms with Gasteiger partial charge in [0.15, 0.2) is 0 Å². The molecule has 4 aromatic rings. The number of nitrogens with zero attached hydrogens (tertiary/aromatic N) is 3. The molecule has 0 fully saturated rings. The maximum Gasteiger partial charge on any atom is 0.270 e. The van der Waals surface area contributed by atoms with Gasteiger partial charge in [0.1, 0.15) is 24.7 Å². The standard InChI is InChI=1S/C24H22N4O4S/c1-16-7-9-20(13-17(16)2)31-11-12-32-22-10-8-19(28(29)30)14-18(22)15-25-27-24-26-21-5-3-4-6-23(21)33-24/h3-10,13-15H,11-12H2,1-2H3,(H,26,27). The number of non-ortho nitro benzene ring substituents is 1. The number of fused-ring (bicyclic) bond motifs is 1. The first-order valence-corrected chi connectivity index (χ1v) is 11.1. The number of nitrogens with one attached hydrogen (secondary N) is 1. The second kappa shape index (κ2) is 10.1. The predicted molar refractivity (Wildman–Crippen MR) is 131 cm³/mol. The van der Waals surface area contributed by atoms with Gasteiger partial charge < -0.3 is 9.47 Å². The van der Waals surface area contributed by atoms with Crippen LogP contribution >= 0.6 is 11.3 Å². The largest absolute Gasteiger partial charge is 0.490 e. The Morgan fingerprint density at radius 2 is 1.88 bits per heavy atom. The van der Waals surface area contributed by atoms with Gasteiger partial charge in [-0.25, -0.2) is 4.98 Å². The summed E-state index contributed by atoms with van der Waals surface area (Å²) in [6.45, 7) is 4.69. The molecular weight excluding hydrogens is 440 g/mol. The molecule has 0 spiro atoms. The molecule has 8 nitrogen and oxygen atoms in total. The average molecular weight is 463 g/mol. The number of hydrogen-bond acceptors (Lipinski definition) is 8.